The van der Waals surface area contributed by atoms with E-state index in [1.54, 1.807) is 72.8 Å². The molecule has 38 heavy (non-hydrogen) atoms. The molecule has 0 bridgehead atoms. The Bertz CT molecular complexity index is 1630. The number of hydrogen-bond acceptors (Lipinski definition) is 5. The molecular weight excluding hydrogens is 590 g/mol. The van der Waals surface area contributed by atoms with Gasteiger partial charge in [-0.05, 0) is 78.4 Å². The molecule has 0 heterocycles. The number of halogens is 1. The first-order valence-corrected chi connectivity index (χ1v) is 15.5. The number of para-hydroxylation sites is 1. The van der Waals surface area contributed by atoms with Crippen molar-refractivity contribution in [1.82, 2.24) is 0 Å². The Kier molecular flexibility index (Phi) is 8.20. The van der Waals surface area contributed by atoms with E-state index in [2.05, 4.69) is 26.0 Å². The van der Waals surface area contributed by atoms with Gasteiger partial charge in [-0.3, -0.25) is 13.8 Å². The molecule has 4 aromatic carbocycles. The Hall–Kier alpha value is -3.67. The number of nitrogens with zero attached hydrogens (tertiary/aromatic N) is 1. The van der Waals surface area contributed by atoms with E-state index in [1.165, 1.54) is 28.6 Å². The maximum atomic E-state index is 12.7. The number of sulfonamides is 2. The first-order valence-electron chi connectivity index (χ1n) is 11.3. The summed E-state index contributed by atoms with van der Waals surface area (Å²) in [7, 11) is -7.31. The molecule has 0 aliphatic carbocycles. The van der Waals surface area contributed by atoms with Crippen molar-refractivity contribution in [2.24, 2.45) is 0 Å². The quantitative estimate of drug-likeness (QED) is 0.260. The molecule has 4 aromatic rings. The predicted molar refractivity (Wildman–Crippen MR) is 153 cm³/mol. The fraction of sp³-hybridized carbons (Fsp3) is 0.0741. The second-order valence-corrected chi connectivity index (χ2v) is 12.9. The standard InChI is InChI=1S/C27H24BrN3O5S2/c1-37(33,34)31(25-5-3-2-4-6-25)19-20-7-9-21(10-8-20)27(32)29-23-15-17-26(18-16-23)38(35,36)30-24-13-11-22(28)12-14-24/h2-18,30H,19H2,1H3,(H,29,32). The molecule has 196 valence electrons. The highest BCUT2D eigenvalue weighted by Crippen LogP contribution is 2.22. The molecule has 0 saturated heterocycles. The first kappa shape index (κ1) is 27.4. The summed E-state index contributed by atoms with van der Waals surface area (Å²) in [5.41, 5.74) is 2.48. The Balaban J connectivity index is 1.41. The number of carbonyl (C=O) groups is 1. The van der Waals surface area contributed by atoms with Crippen LogP contribution in [-0.4, -0.2) is 29.0 Å². The minimum absolute atomic E-state index is 0.0524. The first-order chi connectivity index (χ1) is 18.0. The van der Waals surface area contributed by atoms with Crippen LogP contribution in [0.25, 0.3) is 0 Å². The lowest BCUT2D eigenvalue weighted by molar-refractivity contribution is 0.102. The van der Waals surface area contributed by atoms with E-state index >= 15 is 0 Å². The second kappa shape index (κ2) is 11.4. The minimum Gasteiger partial charge on any atom is -0.322 e. The Labute approximate surface area is 230 Å². The summed E-state index contributed by atoms with van der Waals surface area (Å²) in [5.74, 6) is -0.386. The summed E-state index contributed by atoms with van der Waals surface area (Å²) in [5, 5.41) is 2.74. The maximum absolute atomic E-state index is 12.7. The van der Waals surface area contributed by atoms with Crippen LogP contribution in [0.2, 0.25) is 0 Å². The molecule has 4 rings (SSSR count). The van der Waals surface area contributed by atoms with Crippen LogP contribution >= 0.6 is 15.9 Å². The van der Waals surface area contributed by atoms with Gasteiger partial charge in [0.1, 0.15) is 0 Å². The fourth-order valence-corrected chi connectivity index (χ4v) is 5.79. The van der Waals surface area contributed by atoms with Crippen LogP contribution in [0.4, 0.5) is 17.1 Å². The summed E-state index contributed by atoms with van der Waals surface area (Å²) in [6.45, 7) is 0.120. The van der Waals surface area contributed by atoms with Gasteiger partial charge in [-0.15, -0.1) is 0 Å². The highest BCUT2D eigenvalue weighted by molar-refractivity contribution is 9.10. The molecule has 0 aliphatic heterocycles. The number of carbonyl (C=O) groups excluding carboxylic acids is 1. The van der Waals surface area contributed by atoms with Gasteiger partial charge in [-0.1, -0.05) is 46.3 Å². The molecular formula is C27H24BrN3O5S2. The lowest BCUT2D eigenvalue weighted by Crippen LogP contribution is -2.29. The van der Waals surface area contributed by atoms with Crippen LogP contribution in [0, 0.1) is 0 Å². The second-order valence-electron chi connectivity index (χ2n) is 8.39. The van der Waals surface area contributed by atoms with E-state index < -0.39 is 20.0 Å². The highest BCUT2D eigenvalue weighted by atomic mass is 79.9. The topological polar surface area (TPSA) is 113 Å². The van der Waals surface area contributed by atoms with Crippen LogP contribution < -0.4 is 14.3 Å². The molecule has 0 aliphatic rings. The number of hydrogen-bond donors (Lipinski definition) is 2. The summed E-state index contributed by atoms with van der Waals surface area (Å²) in [6, 6.07) is 27.9. The Morgan fingerprint density at radius 2 is 1.34 bits per heavy atom. The van der Waals surface area contributed by atoms with Crippen molar-refractivity contribution in [1.29, 1.82) is 0 Å². The molecule has 1 amide bonds. The Morgan fingerprint density at radius 3 is 1.92 bits per heavy atom. The normalized spacial score (nSPS) is 11.5. The smallest absolute Gasteiger partial charge is 0.261 e. The van der Waals surface area contributed by atoms with Crippen LogP contribution in [-0.2, 0) is 26.6 Å². The van der Waals surface area contributed by atoms with E-state index in [9.17, 15) is 21.6 Å². The van der Waals surface area contributed by atoms with E-state index in [0.717, 1.165) is 10.7 Å². The minimum atomic E-state index is -3.79. The molecule has 0 saturated carbocycles. The maximum Gasteiger partial charge on any atom is 0.261 e. The molecule has 0 atom stereocenters. The van der Waals surface area contributed by atoms with Gasteiger partial charge >= 0.3 is 0 Å². The predicted octanol–water partition coefficient (Wildman–Crippen LogP) is 5.47. The summed E-state index contributed by atoms with van der Waals surface area (Å²) in [4.78, 5) is 12.8. The van der Waals surface area contributed by atoms with Gasteiger partial charge < -0.3 is 5.32 Å². The fourth-order valence-electron chi connectivity index (χ4n) is 3.57. The zero-order valence-electron chi connectivity index (χ0n) is 20.2. The van der Waals surface area contributed by atoms with Crippen molar-refractivity contribution in [3.05, 3.63) is 119 Å². The van der Waals surface area contributed by atoms with Crippen LogP contribution in [0.3, 0.4) is 0 Å². The van der Waals surface area contributed by atoms with Gasteiger partial charge in [-0.2, -0.15) is 0 Å². The Morgan fingerprint density at radius 1 is 0.763 bits per heavy atom. The van der Waals surface area contributed by atoms with Crippen LogP contribution in [0.5, 0.6) is 0 Å². The van der Waals surface area contributed by atoms with E-state index in [1.807, 2.05) is 6.07 Å². The zero-order chi connectivity index (χ0) is 27.3. The number of nitrogens with one attached hydrogen (secondary N) is 2. The van der Waals surface area contributed by atoms with Crippen LogP contribution in [0.15, 0.2) is 112 Å². The molecule has 2 N–H and O–H groups in total. The van der Waals surface area contributed by atoms with Gasteiger partial charge in [0.15, 0.2) is 0 Å². The number of benzene rings is 4. The number of anilines is 3. The van der Waals surface area contributed by atoms with Gasteiger partial charge in [0.25, 0.3) is 15.9 Å². The molecule has 0 unspecified atom stereocenters. The van der Waals surface area contributed by atoms with Crippen molar-refractivity contribution in [2.75, 3.05) is 20.6 Å². The monoisotopic (exact) mass is 613 g/mol. The van der Waals surface area contributed by atoms with Crippen molar-refractivity contribution in [2.45, 2.75) is 11.4 Å². The van der Waals surface area contributed by atoms with Crippen molar-refractivity contribution in [3.63, 3.8) is 0 Å². The van der Waals surface area contributed by atoms with Gasteiger partial charge in [0.2, 0.25) is 10.0 Å². The highest BCUT2D eigenvalue weighted by Gasteiger charge is 2.18. The average Bonchev–Trinajstić information content (AvgIpc) is 2.89. The third-order valence-electron chi connectivity index (χ3n) is 5.51. The molecule has 11 heteroatoms. The van der Waals surface area contributed by atoms with Crippen LogP contribution in [0.1, 0.15) is 15.9 Å². The number of rotatable bonds is 9. The van der Waals surface area contributed by atoms with E-state index in [0.29, 0.717) is 28.2 Å². The van der Waals surface area contributed by atoms with E-state index in [-0.39, 0.29) is 17.3 Å². The van der Waals surface area contributed by atoms with E-state index in [4.69, 9.17) is 0 Å². The third kappa shape index (κ3) is 7.00. The molecule has 0 fully saturated rings. The van der Waals surface area contributed by atoms with Gasteiger partial charge in [0.05, 0.1) is 23.4 Å². The molecule has 0 radical (unpaired) electrons. The van der Waals surface area contributed by atoms with Crippen molar-refractivity contribution >= 4 is 58.9 Å². The van der Waals surface area contributed by atoms with Crippen molar-refractivity contribution < 1.29 is 21.6 Å². The molecule has 0 aromatic heterocycles. The largest absolute Gasteiger partial charge is 0.322 e. The zero-order valence-corrected chi connectivity index (χ0v) is 23.4. The third-order valence-corrected chi connectivity index (χ3v) is 8.57. The summed E-state index contributed by atoms with van der Waals surface area (Å²) in [6.07, 6.45) is 1.15. The number of amides is 1. The molecule has 0 spiro atoms. The summed E-state index contributed by atoms with van der Waals surface area (Å²) >= 11 is 3.31. The molecule has 8 nitrogen and oxygen atoms in total. The lowest BCUT2D eigenvalue weighted by Gasteiger charge is -2.22. The SMILES string of the molecule is CS(=O)(=O)N(Cc1ccc(C(=O)Nc2ccc(S(=O)(=O)Nc3ccc(Br)cc3)cc2)cc1)c1ccccc1. The van der Waals surface area contributed by atoms with Gasteiger partial charge in [-0.25, -0.2) is 16.8 Å². The van der Waals surface area contributed by atoms with Crippen molar-refractivity contribution in [3.8, 4) is 0 Å². The summed E-state index contributed by atoms with van der Waals surface area (Å²) < 4.78 is 54.6. The lowest BCUT2D eigenvalue weighted by atomic mass is 10.1. The van der Waals surface area contributed by atoms with Gasteiger partial charge in [0, 0.05) is 21.4 Å². The average molecular weight is 615 g/mol.